The van der Waals surface area contributed by atoms with Crippen LogP contribution in [0.25, 0.3) is 0 Å². The van der Waals surface area contributed by atoms with Crippen LogP contribution < -0.4 is 15.4 Å². The molecule has 0 fully saturated rings. The second-order valence-corrected chi connectivity index (χ2v) is 7.22. The van der Waals surface area contributed by atoms with Crippen molar-refractivity contribution >= 4 is 34.9 Å². The molecular weight excluding hydrogens is 422 g/mol. The number of esters is 1. The highest BCUT2D eigenvalue weighted by Crippen LogP contribution is 2.32. The van der Waals surface area contributed by atoms with Crippen molar-refractivity contribution in [2.45, 2.75) is 18.9 Å². The Kier molecular flexibility index (Phi) is 6.87. The Balaban J connectivity index is 1.46. The molecule has 2 N–H and O–H groups in total. The van der Waals surface area contributed by atoms with Gasteiger partial charge in [-0.25, -0.2) is 13.6 Å². The summed E-state index contributed by atoms with van der Waals surface area (Å²) >= 11 is 11.1. The molecule has 2 aromatic rings. The van der Waals surface area contributed by atoms with Crippen LogP contribution in [0.3, 0.4) is 0 Å². The number of fused-ring (bicyclic) bond motifs is 1. The van der Waals surface area contributed by atoms with Crippen LogP contribution in [0.2, 0.25) is 5.02 Å². The molecule has 1 aliphatic rings. The molecule has 1 atom stereocenters. The van der Waals surface area contributed by atoms with Crippen molar-refractivity contribution in [2.75, 3.05) is 20.3 Å². The fourth-order valence-electron chi connectivity index (χ4n) is 3.20. The topological polar surface area (TPSA) is 59.6 Å². The van der Waals surface area contributed by atoms with Gasteiger partial charge in [-0.05, 0) is 54.4 Å². The standard InChI is InChI=1S/C20H19ClF2N2O3S/c1-27-18-9-13(16(23)10-14(18)21)19(26)28-8-7-24-20(29)25-17-6-5-11-12(17)3-2-4-15(11)22/h2-4,9-10,17H,5-8H2,1H3,(H2,24,25,29). The van der Waals surface area contributed by atoms with Crippen LogP contribution in [0.15, 0.2) is 30.3 Å². The molecule has 2 aromatic carbocycles. The average molecular weight is 441 g/mol. The second-order valence-electron chi connectivity index (χ2n) is 6.40. The van der Waals surface area contributed by atoms with Crippen molar-refractivity contribution in [2.24, 2.45) is 0 Å². The van der Waals surface area contributed by atoms with Gasteiger partial charge in [0.1, 0.15) is 24.0 Å². The van der Waals surface area contributed by atoms with E-state index < -0.39 is 11.8 Å². The average Bonchev–Trinajstić information content (AvgIpc) is 3.09. The molecular formula is C20H19ClF2N2O3S. The van der Waals surface area contributed by atoms with Crippen LogP contribution in [0.5, 0.6) is 5.75 Å². The number of thiocarbonyl (C=S) groups is 1. The molecule has 0 aromatic heterocycles. The lowest BCUT2D eigenvalue weighted by atomic mass is 10.1. The van der Waals surface area contributed by atoms with Crippen molar-refractivity contribution in [3.63, 3.8) is 0 Å². The maximum absolute atomic E-state index is 13.9. The maximum Gasteiger partial charge on any atom is 0.341 e. The lowest BCUT2D eigenvalue weighted by molar-refractivity contribution is 0.0507. The third kappa shape index (κ3) is 4.94. The molecule has 0 saturated heterocycles. The summed E-state index contributed by atoms with van der Waals surface area (Å²) in [6, 6.07) is 7.12. The Labute approximate surface area is 177 Å². The van der Waals surface area contributed by atoms with Gasteiger partial charge < -0.3 is 20.1 Å². The van der Waals surface area contributed by atoms with Gasteiger partial charge in [0.05, 0.1) is 30.3 Å². The van der Waals surface area contributed by atoms with Gasteiger partial charge in [0.25, 0.3) is 0 Å². The van der Waals surface area contributed by atoms with Gasteiger partial charge in [0.2, 0.25) is 0 Å². The predicted octanol–water partition coefficient (Wildman–Crippen LogP) is 3.94. The van der Waals surface area contributed by atoms with Crippen molar-refractivity contribution in [3.8, 4) is 5.75 Å². The number of hydrogen-bond acceptors (Lipinski definition) is 4. The first kappa shape index (κ1) is 21.3. The van der Waals surface area contributed by atoms with Crippen LogP contribution in [0, 0.1) is 11.6 Å². The van der Waals surface area contributed by atoms with E-state index in [1.807, 2.05) is 6.07 Å². The lowest BCUT2D eigenvalue weighted by Gasteiger charge is -2.17. The van der Waals surface area contributed by atoms with Crippen LogP contribution in [0.4, 0.5) is 8.78 Å². The van der Waals surface area contributed by atoms with E-state index in [0.29, 0.717) is 17.1 Å². The van der Waals surface area contributed by atoms with Gasteiger partial charge in [-0.3, -0.25) is 0 Å². The third-order valence-corrected chi connectivity index (χ3v) is 5.16. The first-order chi connectivity index (χ1) is 13.9. The number of halogens is 3. The molecule has 154 valence electrons. The molecule has 5 nitrogen and oxygen atoms in total. The van der Waals surface area contributed by atoms with Crippen LogP contribution in [-0.2, 0) is 11.2 Å². The second kappa shape index (κ2) is 9.37. The Morgan fingerprint density at radius 3 is 2.86 bits per heavy atom. The van der Waals surface area contributed by atoms with Crippen LogP contribution >= 0.6 is 23.8 Å². The molecule has 0 spiro atoms. The van der Waals surface area contributed by atoms with E-state index in [1.165, 1.54) is 19.2 Å². The maximum atomic E-state index is 13.9. The van der Waals surface area contributed by atoms with E-state index in [0.717, 1.165) is 18.1 Å². The Morgan fingerprint density at radius 1 is 1.31 bits per heavy atom. The highest BCUT2D eigenvalue weighted by Gasteiger charge is 2.25. The number of carbonyl (C=O) groups is 1. The number of methoxy groups -OCH3 is 1. The number of rotatable bonds is 6. The minimum Gasteiger partial charge on any atom is -0.495 e. The van der Waals surface area contributed by atoms with E-state index in [1.54, 1.807) is 6.07 Å². The molecule has 0 aliphatic heterocycles. The van der Waals surface area contributed by atoms with Crippen molar-refractivity contribution in [1.29, 1.82) is 0 Å². The Bertz CT molecular complexity index is 942. The SMILES string of the molecule is COc1cc(C(=O)OCCNC(=S)NC2CCc3c(F)cccc32)c(F)cc1Cl. The van der Waals surface area contributed by atoms with Gasteiger partial charge in [0, 0.05) is 0 Å². The zero-order valence-corrected chi connectivity index (χ0v) is 17.1. The lowest BCUT2D eigenvalue weighted by Crippen LogP contribution is -2.38. The number of hydrogen-bond donors (Lipinski definition) is 2. The van der Waals surface area contributed by atoms with Gasteiger partial charge in [-0.1, -0.05) is 23.7 Å². The third-order valence-electron chi connectivity index (χ3n) is 4.60. The summed E-state index contributed by atoms with van der Waals surface area (Å²) in [7, 11) is 1.36. The van der Waals surface area contributed by atoms with E-state index in [-0.39, 0.29) is 41.3 Å². The predicted molar refractivity (Wildman–Crippen MR) is 109 cm³/mol. The summed E-state index contributed by atoms with van der Waals surface area (Å²) in [5.74, 6) is -1.66. The Morgan fingerprint density at radius 2 is 2.10 bits per heavy atom. The summed E-state index contributed by atoms with van der Waals surface area (Å²) in [6.07, 6.45) is 1.39. The van der Waals surface area contributed by atoms with E-state index in [4.69, 9.17) is 33.3 Å². The molecule has 3 rings (SSSR count). The van der Waals surface area contributed by atoms with Gasteiger partial charge in [-0.2, -0.15) is 0 Å². The minimum absolute atomic E-state index is 0.0269. The number of nitrogens with one attached hydrogen (secondary N) is 2. The molecule has 0 amide bonds. The number of benzene rings is 2. The highest BCUT2D eigenvalue weighted by atomic mass is 35.5. The Hall–Kier alpha value is -2.45. The molecule has 0 bridgehead atoms. The molecule has 29 heavy (non-hydrogen) atoms. The molecule has 1 unspecified atom stereocenters. The molecule has 0 heterocycles. The van der Waals surface area contributed by atoms with E-state index >= 15 is 0 Å². The summed E-state index contributed by atoms with van der Waals surface area (Å²) in [4.78, 5) is 12.1. The van der Waals surface area contributed by atoms with Crippen LogP contribution in [0.1, 0.15) is 33.9 Å². The molecule has 1 aliphatic carbocycles. The minimum atomic E-state index is -0.835. The monoisotopic (exact) mass is 440 g/mol. The van der Waals surface area contributed by atoms with E-state index in [9.17, 15) is 13.6 Å². The number of carbonyl (C=O) groups excluding carboxylic acids is 1. The summed E-state index contributed by atoms with van der Waals surface area (Å²) in [6.45, 7) is 0.202. The zero-order chi connectivity index (χ0) is 21.0. The van der Waals surface area contributed by atoms with Gasteiger partial charge >= 0.3 is 5.97 Å². The highest BCUT2D eigenvalue weighted by molar-refractivity contribution is 7.80. The van der Waals surface area contributed by atoms with Crippen molar-refractivity contribution < 1.29 is 23.0 Å². The summed E-state index contributed by atoms with van der Waals surface area (Å²) in [5.41, 5.74) is 1.34. The van der Waals surface area contributed by atoms with Crippen LogP contribution in [-0.4, -0.2) is 31.3 Å². The fourth-order valence-corrected chi connectivity index (χ4v) is 3.67. The van der Waals surface area contributed by atoms with E-state index in [2.05, 4.69) is 10.6 Å². The molecule has 0 radical (unpaired) electrons. The first-order valence-corrected chi connectivity index (χ1v) is 9.71. The normalized spacial score (nSPS) is 14.8. The van der Waals surface area contributed by atoms with Gasteiger partial charge in [0.15, 0.2) is 5.11 Å². The first-order valence-electron chi connectivity index (χ1n) is 8.92. The quantitative estimate of drug-likeness (QED) is 0.403. The smallest absolute Gasteiger partial charge is 0.341 e. The molecule has 0 saturated carbocycles. The fraction of sp³-hybridized carbons (Fsp3) is 0.300. The number of ether oxygens (including phenoxy) is 2. The van der Waals surface area contributed by atoms with Gasteiger partial charge in [-0.15, -0.1) is 0 Å². The summed E-state index contributed by atoms with van der Waals surface area (Å²) < 4.78 is 37.8. The summed E-state index contributed by atoms with van der Waals surface area (Å²) in [5, 5.41) is 6.48. The van der Waals surface area contributed by atoms with Crippen molar-refractivity contribution in [1.82, 2.24) is 10.6 Å². The largest absolute Gasteiger partial charge is 0.495 e. The molecule has 9 heteroatoms. The van der Waals surface area contributed by atoms with Crippen molar-refractivity contribution in [3.05, 3.63) is 63.7 Å². The zero-order valence-electron chi connectivity index (χ0n) is 15.6.